The van der Waals surface area contributed by atoms with Crippen LogP contribution >= 0.6 is 11.3 Å². The molecule has 2 aromatic carbocycles. The van der Waals surface area contributed by atoms with E-state index < -0.39 is 0 Å². The quantitative estimate of drug-likeness (QED) is 0.486. The summed E-state index contributed by atoms with van der Waals surface area (Å²) in [4.78, 5) is 17.6. The summed E-state index contributed by atoms with van der Waals surface area (Å²) >= 11 is 1.66. The van der Waals surface area contributed by atoms with Crippen LogP contribution in [0.4, 0.5) is 11.4 Å². The Balaban J connectivity index is 1.50. The van der Waals surface area contributed by atoms with E-state index in [1.54, 1.807) is 11.3 Å². The fraction of sp³-hybridized carbons (Fsp3) is 0.208. The Morgan fingerprint density at radius 3 is 2.81 bits per heavy atom. The van der Waals surface area contributed by atoms with Crippen LogP contribution in [0.15, 0.2) is 77.4 Å². The van der Waals surface area contributed by atoms with Crippen LogP contribution < -0.4 is 10.1 Å². The molecule has 7 heteroatoms. The number of carbonyl (C=O) groups is 1. The molecule has 4 aromatic rings. The van der Waals surface area contributed by atoms with Crippen LogP contribution in [0.25, 0.3) is 11.3 Å². The Morgan fingerprint density at radius 2 is 1.97 bits per heavy atom. The molecule has 0 bridgehead atoms. The molecular formula is C24H23N5OS. The van der Waals surface area contributed by atoms with Crippen molar-refractivity contribution in [2.24, 2.45) is 4.99 Å². The number of hydrogen-bond donors (Lipinski definition) is 1. The molecule has 1 aliphatic rings. The zero-order chi connectivity index (χ0) is 21.0. The van der Waals surface area contributed by atoms with Gasteiger partial charge in [-0.25, -0.2) is 4.99 Å². The van der Waals surface area contributed by atoms with E-state index in [1.807, 2.05) is 59.5 Å². The Kier molecular flexibility index (Phi) is 5.50. The Morgan fingerprint density at radius 1 is 1.06 bits per heavy atom. The van der Waals surface area contributed by atoms with E-state index in [-0.39, 0.29) is 5.91 Å². The minimum atomic E-state index is 0.0911. The highest BCUT2D eigenvalue weighted by atomic mass is 32.1. The molecule has 31 heavy (non-hydrogen) atoms. The van der Waals surface area contributed by atoms with Crippen molar-refractivity contribution in [1.82, 2.24) is 14.3 Å². The van der Waals surface area contributed by atoms with E-state index in [2.05, 4.69) is 32.5 Å². The lowest BCUT2D eigenvalue weighted by molar-refractivity contribution is -0.116. The third-order valence-corrected chi connectivity index (χ3v) is 6.27. The van der Waals surface area contributed by atoms with Gasteiger partial charge in [-0.15, -0.1) is 11.3 Å². The van der Waals surface area contributed by atoms with Gasteiger partial charge in [0.25, 0.3) is 0 Å². The molecule has 6 nitrogen and oxygen atoms in total. The lowest BCUT2D eigenvalue weighted by Gasteiger charge is -2.18. The van der Waals surface area contributed by atoms with E-state index >= 15 is 0 Å². The number of para-hydroxylation sites is 1. The summed E-state index contributed by atoms with van der Waals surface area (Å²) in [5.74, 6) is 0.0911. The summed E-state index contributed by atoms with van der Waals surface area (Å²) in [5, 5.41) is 9.46. The molecule has 0 radical (unpaired) electrons. The highest BCUT2D eigenvalue weighted by Gasteiger charge is 2.16. The largest absolute Gasteiger partial charge is 0.326 e. The number of amides is 1. The molecule has 0 unspecified atom stereocenters. The maximum atomic E-state index is 11.7. The van der Waals surface area contributed by atoms with E-state index in [0.29, 0.717) is 6.42 Å². The van der Waals surface area contributed by atoms with Crippen LogP contribution in [0.3, 0.4) is 0 Å². The van der Waals surface area contributed by atoms with Crippen molar-refractivity contribution in [3.8, 4) is 11.3 Å². The minimum absolute atomic E-state index is 0.0911. The van der Waals surface area contributed by atoms with Crippen molar-refractivity contribution in [2.45, 2.75) is 32.4 Å². The monoisotopic (exact) mass is 429 g/mol. The number of thiazole rings is 1. The molecule has 0 atom stereocenters. The molecule has 1 aliphatic heterocycles. The highest BCUT2D eigenvalue weighted by molar-refractivity contribution is 7.07. The number of hydrogen-bond acceptors (Lipinski definition) is 4. The number of anilines is 1. The predicted octanol–water partition coefficient (Wildman–Crippen LogP) is 4.62. The maximum Gasteiger partial charge on any atom is 0.224 e. The molecule has 2 aromatic heterocycles. The molecule has 0 spiro atoms. The van der Waals surface area contributed by atoms with E-state index in [0.717, 1.165) is 53.4 Å². The topological polar surface area (TPSA) is 64.2 Å². The number of rotatable bonds is 6. The van der Waals surface area contributed by atoms with Gasteiger partial charge in [-0.05, 0) is 54.3 Å². The number of nitrogens with one attached hydrogen (secondary N) is 1. The molecule has 0 fully saturated rings. The molecule has 1 N–H and O–H groups in total. The third kappa shape index (κ3) is 4.36. The van der Waals surface area contributed by atoms with Crippen molar-refractivity contribution in [1.29, 1.82) is 0 Å². The molecule has 156 valence electrons. The first-order chi connectivity index (χ1) is 15.3. The van der Waals surface area contributed by atoms with Gasteiger partial charge >= 0.3 is 0 Å². The Labute approximate surface area is 184 Å². The molecular weight excluding hydrogens is 406 g/mol. The summed E-state index contributed by atoms with van der Waals surface area (Å²) in [6.07, 6.45) is 6.07. The van der Waals surface area contributed by atoms with Crippen LogP contribution in [-0.2, 0) is 24.3 Å². The zero-order valence-corrected chi connectivity index (χ0v) is 17.9. The zero-order valence-electron chi connectivity index (χ0n) is 17.1. The fourth-order valence-corrected chi connectivity index (χ4v) is 4.80. The van der Waals surface area contributed by atoms with Crippen LogP contribution in [-0.4, -0.2) is 20.3 Å². The van der Waals surface area contributed by atoms with Crippen molar-refractivity contribution in [2.75, 3.05) is 5.32 Å². The number of aryl methyl sites for hydroxylation is 2. The van der Waals surface area contributed by atoms with Gasteiger partial charge in [0.05, 0.1) is 11.4 Å². The number of fused-ring (bicyclic) bond motifs is 1. The van der Waals surface area contributed by atoms with Gasteiger partial charge in [0.15, 0.2) is 4.80 Å². The van der Waals surface area contributed by atoms with Crippen LogP contribution in [0.2, 0.25) is 0 Å². The molecule has 0 saturated heterocycles. The summed E-state index contributed by atoms with van der Waals surface area (Å²) < 4.78 is 4.26. The van der Waals surface area contributed by atoms with E-state index in [1.165, 1.54) is 5.56 Å². The van der Waals surface area contributed by atoms with Crippen LogP contribution in [0, 0.1) is 0 Å². The fourth-order valence-electron chi connectivity index (χ4n) is 3.84. The first-order valence-electron chi connectivity index (χ1n) is 10.4. The second-order valence-electron chi connectivity index (χ2n) is 7.55. The standard InChI is InChI=1S/C24H23N5OS/c30-23-11-9-18-16-19(8-10-21(18)27-23)22-17-31-24(26-20-6-2-1-3-7-20)29(22)15-5-14-28-13-4-12-25-28/h1-4,6-8,10,12-13,16-17H,5,9,11,14-15H2,(H,27,30). The van der Waals surface area contributed by atoms with Gasteiger partial charge in [-0.2, -0.15) is 5.10 Å². The van der Waals surface area contributed by atoms with Crippen molar-refractivity contribution in [3.05, 3.63) is 82.7 Å². The molecule has 3 heterocycles. The third-order valence-electron chi connectivity index (χ3n) is 5.40. The summed E-state index contributed by atoms with van der Waals surface area (Å²) in [5.41, 5.74) is 5.37. The lowest BCUT2D eigenvalue weighted by atomic mass is 9.99. The van der Waals surface area contributed by atoms with Crippen molar-refractivity contribution >= 4 is 28.6 Å². The Bertz CT molecular complexity index is 1250. The molecule has 1 amide bonds. The SMILES string of the molecule is O=C1CCc2cc(-c3csc(=Nc4ccccc4)n3CCCn3cccn3)ccc2N1. The lowest BCUT2D eigenvalue weighted by Crippen LogP contribution is -2.19. The molecule has 0 saturated carbocycles. The van der Waals surface area contributed by atoms with E-state index in [4.69, 9.17) is 4.99 Å². The first-order valence-corrected chi connectivity index (χ1v) is 11.3. The van der Waals surface area contributed by atoms with Crippen LogP contribution in [0.1, 0.15) is 18.4 Å². The molecule has 0 aliphatic carbocycles. The average molecular weight is 430 g/mol. The normalized spacial score (nSPS) is 13.8. The highest BCUT2D eigenvalue weighted by Crippen LogP contribution is 2.29. The number of benzene rings is 2. The molecule has 5 rings (SSSR count). The summed E-state index contributed by atoms with van der Waals surface area (Å²) in [7, 11) is 0. The predicted molar refractivity (Wildman–Crippen MR) is 123 cm³/mol. The van der Waals surface area contributed by atoms with E-state index in [9.17, 15) is 4.79 Å². The van der Waals surface area contributed by atoms with Gasteiger partial charge in [0, 0.05) is 43.0 Å². The van der Waals surface area contributed by atoms with Gasteiger partial charge in [-0.1, -0.05) is 24.3 Å². The number of aromatic nitrogens is 3. The average Bonchev–Trinajstić information content (AvgIpc) is 3.45. The number of nitrogens with zero attached hydrogens (tertiary/aromatic N) is 4. The summed E-state index contributed by atoms with van der Waals surface area (Å²) in [6.45, 7) is 1.70. The second-order valence-corrected chi connectivity index (χ2v) is 8.38. The maximum absolute atomic E-state index is 11.7. The van der Waals surface area contributed by atoms with Crippen molar-refractivity contribution < 1.29 is 4.79 Å². The van der Waals surface area contributed by atoms with Crippen LogP contribution in [0.5, 0.6) is 0 Å². The van der Waals surface area contributed by atoms with Gasteiger partial charge in [-0.3, -0.25) is 9.48 Å². The second kappa shape index (κ2) is 8.73. The number of carbonyl (C=O) groups excluding carboxylic acids is 1. The van der Waals surface area contributed by atoms with Gasteiger partial charge in [0.2, 0.25) is 5.91 Å². The smallest absolute Gasteiger partial charge is 0.224 e. The minimum Gasteiger partial charge on any atom is -0.326 e. The summed E-state index contributed by atoms with van der Waals surface area (Å²) in [6, 6.07) is 18.3. The first kappa shape index (κ1) is 19.5. The van der Waals surface area contributed by atoms with Gasteiger partial charge < -0.3 is 9.88 Å². The van der Waals surface area contributed by atoms with Crippen molar-refractivity contribution in [3.63, 3.8) is 0 Å². The Hall–Kier alpha value is -3.45. The van der Waals surface area contributed by atoms with Gasteiger partial charge in [0.1, 0.15) is 0 Å².